The first-order valence-corrected chi connectivity index (χ1v) is 7.32. The Morgan fingerprint density at radius 2 is 2.12 bits per heavy atom. The van der Waals surface area contributed by atoms with Gasteiger partial charge in [0.05, 0.1) is 6.54 Å². The molecule has 0 fully saturated rings. The second kappa shape index (κ2) is 6.02. The number of furan rings is 1. The van der Waals surface area contributed by atoms with E-state index in [4.69, 9.17) is 4.42 Å². The summed E-state index contributed by atoms with van der Waals surface area (Å²) >= 11 is 5.85. The van der Waals surface area contributed by atoms with Gasteiger partial charge >= 0.3 is 0 Å². The molecule has 1 aromatic carbocycles. The van der Waals surface area contributed by atoms with Gasteiger partial charge in [-0.1, -0.05) is 22.9 Å². The van der Waals surface area contributed by atoms with Crippen LogP contribution in [-0.2, 0) is 6.54 Å². The molecular weight excluding hydrogens is 393 g/mol. The van der Waals surface area contributed by atoms with Crippen LogP contribution in [-0.4, -0.2) is 6.54 Å². The molecule has 1 N–H and O–H groups in total. The number of hydrogen-bond acceptors (Lipinski definition) is 2. The van der Waals surface area contributed by atoms with E-state index in [2.05, 4.69) is 62.9 Å². The van der Waals surface area contributed by atoms with Crippen LogP contribution >= 0.6 is 38.5 Å². The molecule has 0 radical (unpaired) electrons. The fraction of sp³-hybridized carbons (Fsp3) is 0.231. The molecule has 90 valence electrons. The van der Waals surface area contributed by atoms with Crippen molar-refractivity contribution in [2.75, 3.05) is 6.54 Å². The Labute approximate surface area is 123 Å². The van der Waals surface area contributed by atoms with E-state index in [1.807, 2.05) is 18.2 Å². The highest BCUT2D eigenvalue weighted by Crippen LogP contribution is 2.31. The lowest BCUT2D eigenvalue weighted by atomic mass is 10.2. The molecule has 0 spiro atoms. The quantitative estimate of drug-likeness (QED) is 0.761. The summed E-state index contributed by atoms with van der Waals surface area (Å²) in [6.07, 6.45) is 0. The lowest BCUT2D eigenvalue weighted by Crippen LogP contribution is -2.10. The SMILES string of the molecule is CCNCc1ccc(-c2cc(I)ccc2Br)o1. The summed E-state index contributed by atoms with van der Waals surface area (Å²) in [7, 11) is 0. The Bertz CT molecular complexity index is 510. The molecule has 0 amide bonds. The summed E-state index contributed by atoms with van der Waals surface area (Å²) < 4.78 is 8.07. The average molecular weight is 406 g/mol. The van der Waals surface area contributed by atoms with Crippen molar-refractivity contribution in [2.45, 2.75) is 13.5 Å². The third-order valence-corrected chi connectivity index (χ3v) is 3.77. The molecule has 17 heavy (non-hydrogen) atoms. The molecule has 0 unspecified atom stereocenters. The van der Waals surface area contributed by atoms with Crippen LogP contribution < -0.4 is 5.32 Å². The lowest BCUT2D eigenvalue weighted by Gasteiger charge is -2.02. The minimum absolute atomic E-state index is 0.776. The summed E-state index contributed by atoms with van der Waals surface area (Å²) in [5, 5.41) is 3.25. The minimum Gasteiger partial charge on any atom is -0.460 e. The Kier molecular flexibility index (Phi) is 4.64. The standard InChI is InChI=1S/C13H13BrINO/c1-2-16-8-10-4-6-13(17-10)11-7-9(15)3-5-12(11)14/h3-7,16H,2,8H2,1H3. The number of hydrogen-bond donors (Lipinski definition) is 1. The van der Waals surface area contributed by atoms with Gasteiger partial charge in [0.25, 0.3) is 0 Å². The van der Waals surface area contributed by atoms with E-state index in [0.29, 0.717) is 0 Å². The molecule has 1 aromatic heterocycles. The van der Waals surface area contributed by atoms with Crippen molar-refractivity contribution in [1.82, 2.24) is 5.32 Å². The van der Waals surface area contributed by atoms with Gasteiger partial charge in [-0.2, -0.15) is 0 Å². The third-order valence-electron chi connectivity index (χ3n) is 2.40. The topological polar surface area (TPSA) is 25.2 Å². The van der Waals surface area contributed by atoms with Crippen LogP contribution in [0, 0.1) is 3.57 Å². The summed E-state index contributed by atoms with van der Waals surface area (Å²) in [4.78, 5) is 0. The molecule has 0 saturated heterocycles. The fourth-order valence-corrected chi connectivity index (χ4v) is 2.49. The van der Waals surface area contributed by atoms with E-state index in [9.17, 15) is 0 Å². The zero-order valence-corrected chi connectivity index (χ0v) is 13.2. The number of benzene rings is 1. The summed E-state index contributed by atoms with van der Waals surface area (Å²) in [6, 6.07) is 10.3. The van der Waals surface area contributed by atoms with Crippen molar-refractivity contribution in [3.8, 4) is 11.3 Å². The second-order valence-electron chi connectivity index (χ2n) is 3.67. The van der Waals surface area contributed by atoms with E-state index in [0.717, 1.165) is 34.6 Å². The molecule has 1 heterocycles. The predicted octanol–water partition coefficient (Wildman–Crippen LogP) is 4.42. The van der Waals surface area contributed by atoms with Crippen LogP contribution in [0.2, 0.25) is 0 Å². The van der Waals surface area contributed by atoms with Crippen LogP contribution in [0.4, 0.5) is 0 Å². The third kappa shape index (κ3) is 3.33. The molecule has 0 bridgehead atoms. The van der Waals surface area contributed by atoms with Gasteiger partial charge in [0.2, 0.25) is 0 Å². The molecule has 2 rings (SSSR count). The Morgan fingerprint density at radius 1 is 1.29 bits per heavy atom. The van der Waals surface area contributed by atoms with Crippen molar-refractivity contribution >= 4 is 38.5 Å². The van der Waals surface area contributed by atoms with Crippen molar-refractivity contribution in [3.05, 3.63) is 44.1 Å². The van der Waals surface area contributed by atoms with Crippen molar-refractivity contribution < 1.29 is 4.42 Å². The largest absolute Gasteiger partial charge is 0.460 e. The van der Waals surface area contributed by atoms with Gasteiger partial charge < -0.3 is 9.73 Å². The smallest absolute Gasteiger partial charge is 0.135 e. The van der Waals surface area contributed by atoms with Crippen molar-refractivity contribution in [1.29, 1.82) is 0 Å². The molecule has 0 aliphatic heterocycles. The molecular formula is C13H13BrINO. The molecule has 0 aliphatic rings. The monoisotopic (exact) mass is 405 g/mol. The fourth-order valence-electron chi connectivity index (χ4n) is 1.55. The second-order valence-corrected chi connectivity index (χ2v) is 5.77. The van der Waals surface area contributed by atoms with Gasteiger partial charge in [-0.25, -0.2) is 0 Å². The summed E-state index contributed by atoms with van der Waals surface area (Å²) in [5.41, 5.74) is 1.10. The molecule has 2 aromatic rings. The van der Waals surface area contributed by atoms with Crippen molar-refractivity contribution in [2.24, 2.45) is 0 Å². The first kappa shape index (κ1) is 13.1. The van der Waals surface area contributed by atoms with Crippen LogP contribution in [0.5, 0.6) is 0 Å². The Balaban J connectivity index is 2.27. The average Bonchev–Trinajstić information content (AvgIpc) is 2.78. The maximum Gasteiger partial charge on any atom is 0.135 e. The summed E-state index contributed by atoms with van der Waals surface area (Å²) in [5.74, 6) is 1.87. The van der Waals surface area contributed by atoms with Crippen LogP contribution in [0.25, 0.3) is 11.3 Å². The van der Waals surface area contributed by atoms with Crippen LogP contribution in [0.3, 0.4) is 0 Å². The highest BCUT2D eigenvalue weighted by Gasteiger charge is 2.08. The maximum atomic E-state index is 5.81. The Morgan fingerprint density at radius 3 is 2.88 bits per heavy atom. The summed E-state index contributed by atoms with van der Waals surface area (Å²) in [6.45, 7) is 3.81. The van der Waals surface area contributed by atoms with Crippen LogP contribution in [0.15, 0.2) is 39.2 Å². The zero-order chi connectivity index (χ0) is 12.3. The first-order valence-electron chi connectivity index (χ1n) is 5.45. The molecule has 0 saturated carbocycles. The van der Waals surface area contributed by atoms with Gasteiger partial charge in [0.15, 0.2) is 0 Å². The van der Waals surface area contributed by atoms with Crippen molar-refractivity contribution in [3.63, 3.8) is 0 Å². The van der Waals surface area contributed by atoms with Gasteiger partial charge in [0, 0.05) is 13.6 Å². The maximum absolute atomic E-state index is 5.81. The van der Waals surface area contributed by atoms with E-state index in [-0.39, 0.29) is 0 Å². The van der Waals surface area contributed by atoms with Gasteiger partial charge in [-0.15, -0.1) is 0 Å². The van der Waals surface area contributed by atoms with E-state index in [1.165, 1.54) is 3.57 Å². The lowest BCUT2D eigenvalue weighted by molar-refractivity contribution is 0.498. The highest BCUT2D eigenvalue weighted by molar-refractivity contribution is 14.1. The molecule has 2 nitrogen and oxygen atoms in total. The van der Waals surface area contributed by atoms with Crippen LogP contribution in [0.1, 0.15) is 12.7 Å². The van der Waals surface area contributed by atoms with Gasteiger partial charge in [-0.3, -0.25) is 0 Å². The highest BCUT2D eigenvalue weighted by atomic mass is 127. The first-order chi connectivity index (χ1) is 8.20. The molecule has 0 aliphatic carbocycles. The number of nitrogens with one attached hydrogen (secondary N) is 1. The zero-order valence-electron chi connectivity index (χ0n) is 9.47. The van der Waals surface area contributed by atoms with Gasteiger partial charge in [-0.05, 0) is 59.5 Å². The minimum atomic E-state index is 0.776. The van der Waals surface area contributed by atoms with E-state index in [1.54, 1.807) is 0 Å². The normalized spacial score (nSPS) is 10.8. The van der Waals surface area contributed by atoms with E-state index < -0.39 is 0 Å². The predicted molar refractivity (Wildman–Crippen MR) is 81.9 cm³/mol. The Hall–Kier alpha value is -0.330. The molecule has 4 heteroatoms. The van der Waals surface area contributed by atoms with Gasteiger partial charge in [0.1, 0.15) is 11.5 Å². The van der Waals surface area contributed by atoms with E-state index >= 15 is 0 Å². The number of halogens is 2. The molecule has 0 atom stereocenters. The number of rotatable bonds is 4.